The van der Waals surface area contributed by atoms with E-state index in [1.807, 2.05) is 18.5 Å². The zero-order valence-corrected chi connectivity index (χ0v) is 16.3. The minimum Gasteiger partial charge on any atom is -0.376 e. The van der Waals surface area contributed by atoms with Crippen molar-refractivity contribution in [2.45, 2.75) is 57.5 Å². The van der Waals surface area contributed by atoms with Crippen molar-refractivity contribution in [2.24, 2.45) is 23.9 Å². The monoisotopic (exact) mass is 374 g/mol. The van der Waals surface area contributed by atoms with Crippen LogP contribution in [0, 0.1) is 18.8 Å². The third-order valence-electron chi connectivity index (χ3n) is 6.82. The van der Waals surface area contributed by atoms with Gasteiger partial charge in [0.2, 0.25) is 0 Å². The summed E-state index contributed by atoms with van der Waals surface area (Å²) in [4.78, 5) is 7.35. The topological polar surface area (TPSA) is 76.8 Å². The number of likely N-dealkylation sites (tertiary alicyclic amines) is 1. The molecular formula is C19H30N6O2. The summed E-state index contributed by atoms with van der Waals surface area (Å²) in [7, 11) is 1.99. The lowest BCUT2D eigenvalue weighted by Crippen LogP contribution is -2.44. The van der Waals surface area contributed by atoms with E-state index in [1.54, 1.807) is 0 Å². The van der Waals surface area contributed by atoms with Crippen molar-refractivity contribution in [1.29, 1.82) is 0 Å². The number of aliphatic imine (C=N–C) groups is 1. The molecule has 0 aliphatic carbocycles. The molecule has 4 saturated heterocycles. The van der Waals surface area contributed by atoms with Gasteiger partial charge in [0.25, 0.3) is 0 Å². The Labute approximate surface area is 160 Å². The lowest BCUT2D eigenvalue weighted by Gasteiger charge is -2.25. The molecular weight excluding hydrogens is 344 g/mol. The van der Waals surface area contributed by atoms with E-state index in [-0.39, 0.29) is 0 Å². The van der Waals surface area contributed by atoms with Crippen molar-refractivity contribution >= 4 is 5.96 Å². The molecule has 8 heteroatoms. The number of rotatable bonds is 4. The normalized spacial score (nSPS) is 35.3. The predicted octanol–water partition coefficient (Wildman–Crippen LogP) is 0.857. The summed E-state index contributed by atoms with van der Waals surface area (Å²) in [5.74, 6) is 4.12. The summed E-state index contributed by atoms with van der Waals surface area (Å²) in [5, 5.41) is 12.0. The van der Waals surface area contributed by atoms with Gasteiger partial charge in [-0.1, -0.05) is 0 Å². The van der Waals surface area contributed by atoms with Crippen LogP contribution in [-0.2, 0) is 23.1 Å². The van der Waals surface area contributed by atoms with Gasteiger partial charge in [-0.25, -0.2) is 4.99 Å². The van der Waals surface area contributed by atoms with Crippen LogP contribution in [0.15, 0.2) is 4.99 Å². The third-order valence-corrected chi connectivity index (χ3v) is 6.82. The van der Waals surface area contributed by atoms with Crippen molar-refractivity contribution in [1.82, 2.24) is 25.0 Å². The summed E-state index contributed by atoms with van der Waals surface area (Å²) < 4.78 is 13.9. The van der Waals surface area contributed by atoms with Crippen LogP contribution >= 0.6 is 0 Å². The highest BCUT2D eigenvalue weighted by atomic mass is 16.5. The first-order valence-corrected chi connectivity index (χ1v) is 10.3. The summed E-state index contributed by atoms with van der Waals surface area (Å²) in [5.41, 5.74) is 0. The minimum atomic E-state index is 0.300. The largest absolute Gasteiger partial charge is 0.376 e. The van der Waals surface area contributed by atoms with E-state index in [0.717, 1.165) is 56.7 Å². The van der Waals surface area contributed by atoms with E-state index >= 15 is 0 Å². The molecule has 0 aromatic carbocycles. The number of nitrogens with zero attached hydrogens (tertiary/aromatic N) is 5. The Morgan fingerprint density at radius 2 is 1.96 bits per heavy atom. The fourth-order valence-electron chi connectivity index (χ4n) is 5.15. The molecule has 0 radical (unpaired) electrons. The maximum absolute atomic E-state index is 6.13. The van der Waals surface area contributed by atoms with Crippen LogP contribution in [0.2, 0.25) is 0 Å². The molecule has 4 aliphatic heterocycles. The van der Waals surface area contributed by atoms with Crippen molar-refractivity contribution < 1.29 is 9.47 Å². The van der Waals surface area contributed by atoms with Gasteiger partial charge in [-0.2, -0.15) is 0 Å². The number of fused-ring (bicyclic) bond motifs is 5. The zero-order chi connectivity index (χ0) is 18.4. The quantitative estimate of drug-likeness (QED) is 0.622. The van der Waals surface area contributed by atoms with Crippen molar-refractivity contribution in [3.8, 4) is 0 Å². The number of ether oxygens (including phenoxy) is 2. The Bertz CT molecular complexity index is 695. The van der Waals surface area contributed by atoms with Gasteiger partial charge in [-0.05, 0) is 32.6 Å². The highest BCUT2D eigenvalue weighted by Gasteiger charge is 2.53. The van der Waals surface area contributed by atoms with E-state index in [0.29, 0.717) is 36.7 Å². The van der Waals surface area contributed by atoms with Gasteiger partial charge in [-0.3, -0.25) is 0 Å². The summed E-state index contributed by atoms with van der Waals surface area (Å²) >= 11 is 0. The first-order valence-electron chi connectivity index (χ1n) is 10.3. The molecule has 148 valence electrons. The minimum absolute atomic E-state index is 0.300. The first-order chi connectivity index (χ1) is 13.2. The zero-order valence-electron chi connectivity index (χ0n) is 16.3. The first kappa shape index (κ1) is 17.4. The molecule has 4 aliphatic rings. The van der Waals surface area contributed by atoms with Gasteiger partial charge in [0.15, 0.2) is 11.8 Å². The van der Waals surface area contributed by atoms with Crippen LogP contribution in [0.3, 0.4) is 0 Å². The molecule has 4 fully saturated rings. The van der Waals surface area contributed by atoms with Crippen LogP contribution in [0.1, 0.15) is 37.3 Å². The number of hydrogen-bond donors (Lipinski definition) is 1. The molecule has 2 bridgehead atoms. The number of aromatic nitrogens is 3. The Balaban J connectivity index is 1.30. The van der Waals surface area contributed by atoms with Gasteiger partial charge in [-0.15, -0.1) is 10.2 Å². The van der Waals surface area contributed by atoms with E-state index < -0.39 is 0 Å². The van der Waals surface area contributed by atoms with Gasteiger partial charge >= 0.3 is 0 Å². The number of aryl methyl sites for hydroxylation is 1. The van der Waals surface area contributed by atoms with Crippen LogP contribution < -0.4 is 5.32 Å². The van der Waals surface area contributed by atoms with Crippen LogP contribution in [0.25, 0.3) is 0 Å². The van der Waals surface area contributed by atoms with E-state index in [1.165, 1.54) is 12.8 Å². The number of hydrogen-bond acceptors (Lipinski definition) is 5. The molecule has 5 heterocycles. The maximum atomic E-state index is 6.13. The summed E-state index contributed by atoms with van der Waals surface area (Å²) in [6, 6.07) is 0. The average Bonchev–Trinajstić information content (AvgIpc) is 3.45. The summed E-state index contributed by atoms with van der Waals surface area (Å²) in [6.45, 7) is 6.30. The fraction of sp³-hybridized carbons (Fsp3) is 0.842. The Morgan fingerprint density at radius 1 is 1.19 bits per heavy atom. The molecule has 0 spiro atoms. The van der Waals surface area contributed by atoms with Gasteiger partial charge < -0.3 is 24.3 Å². The molecule has 5 atom stereocenters. The van der Waals surface area contributed by atoms with Crippen LogP contribution in [-0.4, -0.2) is 70.2 Å². The van der Waals surface area contributed by atoms with Crippen molar-refractivity contribution in [2.75, 3.05) is 26.2 Å². The lowest BCUT2D eigenvalue weighted by molar-refractivity contribution is 0.0764. The van der Waals surface area contributed by atoms with Gasteiger partial charge in [0.05, 0.1) is 18.3 Å². The van der Waals surface area contributed by atoms with Crippen LogP contribution in [0.5, 0.6) is 0 Å². The van der Waals surface area contributed by atoms with E-state index in [2.05, 4.69) is 20.4 Å². The predicted molar refractivity (Wildman–Crippen MR) is 100 cm³/mol. The average molecular weight is 374 g/mol. The fourth-order valence-corrected chi connectivity index (χ4v) is 5.15. The highest BCUT2D eigenvalue weighted by Crippen LogP contribution is 2.47. The number of nitrogens with one attached hydrogen (secondary N) is 1. The standard InChI is InChI=1S/C19H30N6O2/c1-12-22-23-18(24(12)2)9-21-19(20-8-13-4-3-7-26-13)25-10-14-15(11-25)17-6-5-16(14)27-17/h13-17H,3-11H2,1-2H3,(H,20,21). The van der Waals surface area contributed by atoms with Crippen molar-refractivity contribution in [3.05, 3.63) is 11.6 Å². The smallest absolute Gasteiger partial charge is 0.194 e. The second-order valence-electron chi connectivity index (χ2n) is 8.40. The lowest BCUT2D eigenvalue weighted by atomic mass is 9.82. The molecule has 0 amide bonds. The second-order valence-corrected chi connectivity index (χ2v) is 8.40. The van der Waals surface area contributed by atoms with Crippen LogP contribution in [0.4, 0.5) is 0 Å². The highest BCUT2D eigenvalue weighted by molar-refractivity contribution is 5.80. The van der Waals surface area contributed by atoms with Gasteiger partial charge in [0.1, 0.15) is 12.4 Å². The van der Waals surface area contributed by atoms with E-state index in [9.17, 15) is 0 Å². The Kier molecular flexibility index (Phi) is 4.55. The molecule has 0 saturated carbocycles. The third kappa shape index (κ3) is 3.23. The number of guanidine groups is 1. The SMILES string of the molecule is Cc1nnc(CN=C(NCC2CCCO2)N2CC3C4CCC(O4)C3C2)n1C. The molecule has 27 heavy (non-hydrogen) atoms. The molecule has 1 aromatic heterocycles. The Morgan fingerprint density at radius 3 is 2.59 bits per heavy atom. The summed E-state index contributed by atoms with van der Waals surface area (Å²) in [6.07, 6.45) is 5.98. The maximum Gasteiger partial charge on any atom is 0.194 e. The molecule has 8 nitrogen and oxygen atoms in total. The molecule has 1 aromatic rings. The molecule has 5 rings (SSSR count). The second kappa shape index (κ2) is 7.05. The van der Waals surface area contributed by atoms with Crippen molar-refractivity contribution in [3.63, 3.8) is 0 Å². The molecule has 1 N–H and O–H groups in total. The van der Waals surface area contributed by atoms with Gasteiger partial charge in [0, 0.05) is 45.1 Å². The Hall–Kier alpha value is -1.67. The van der Waals surface area contributed by atoms with E-state index in [4.69, 9.17) is 14.5 Å². The molecule has 5 unspecified atom stereocenters.